The van der Waals surface area contributed by atoms with Gasteiger partial charge in [0, 0.05) is 12.0 Å². The quantitative estimate of drug-likeness (QED) is 0.299. The van der Waals surface area contributed by atoms with E-state index in [2.05, 4.69) is 19.6 Å². The Kier molecular flexibility index (Phi) is 11.9. The third kappa shape index (κ3) is 12.3. The van der Waals surface area contributed by atoms with E-state index in [1.54, 1.807) is 0 Å². The van der Waals surface area contributed by atoms with E-state index in [9.17, 15) is 0 Å². The minimum Gasteiger partial charge on any atom is -0.364 e. The molecule has 0 amide bonds. The van der Waals surface area contributed by atoms with Gasteiger partial charge < -0.3 is 16.2 Å². The number of ether oxygens (including phenoxy) is 1. The normalized spacial score (nSPS) is 15.0. The minimum absolute atomic E-state index is 0.0799. The Morgan fingerprint density at radius 1 is 1.00 bits per heavy atom. The van der Waals surface area contributed by atoms with Crippen molar-refractivity contribution in [3.63, 3.8) is 0 Å². The third-order valence-electron chi connectivity index (χ3n) is 2.58. The summed E-state index contributed by atoms with van der Waals surface area (Å²) in [6.45, 7) is 3.00. The van der Waals surface area contributed by atoms with Crippen LogP contribution in [0.1, 0.15) is 58.3 Å². The van der Waals surface area contributed by atoms with Crippen LogP contribution in [0.2, 0.25) is 0 Å². The summed E-state index contributed by atoms with van der Waals surface area (Å²) in [6.07, 6.45) is 9.09. The van der Waals surface area contributed by atoms with Crippen molar-refractivity contribution in [1.82, 2.24) is 0 Å². The molecule has 2 unspecified atom stereocenters. The smallest absolute Gasteiger partial charge is 0.105 e. The van der Waals surface area contributed by atoms with Gasteiger partial charge in [-0.25, -0.2) is 0 Å². The van der Waals surface area contributed by atoms with E-state index in [0.29, 0.717) is 0 Å². The second-order valence-corrected chi connectivity index (χ2v) is 4.98. The molecule has 0 aromatic heterocycles. The number of thiol groups is 1. The second kappa shape index (κ2) is 11.7. The van der Waals surface area contributed by atoms with Crippen LogP contribution in [0.15, 0.2) is 0 Å². The average Bonchev–Trinajstić information content (AvgIpc) is 2.25. The predicted octanol–water partition coefficient (Wildman–Crippen LogP) is 2.64. The molecule has 98 valence electrons. The van der Waals surface area contributed by atoms with Crippen molar-refractivity contribution in [3.8, 4) is 0 Å². The summed E-state index contributed by atoms with van der Waals surface area (Å²) in [6, 6.07) is 0. The van der Waals surface area contributed by atoms with E-state index < -0.39 is 0 Å². The maximum absolute atomic E-state index is 5.77. The van der Waals surface area contributed by atoms with E-state index in [1.165, 1.54) is 32.1 Å². The molecule has 4 heteroatoms. The van der Waals surface area contributed by atoms with Crippen molar-refractivity contribution in [2.45, 2.75) is 69.9 Å². The van der Waals surface area contributed by atoms with E-state index in [1.807, 2.05) is 0 Å². The Morgan fingerprint density at radius 3 is 2.25 bits per heavy atom. The van der Waals surface area contributed by atoms with Gasteiger partial charge in [-0.15, -0.1) is 0 Å². The van der Waals surface area contributed by atoms with Gasteiger partial charge in [-0.3, -0.25) is 0 Å². The summed E-state index contributed by atoms with van der Waals surface area (Å²) in [7, 11) is 0. The van der Waals surface area contributed by atoms with Gasteiger partial charge in [-0.2, -0.15) is 12.6 Å². The molecule has 0 spiro atoms. The Morgan fingerprint density at radius 2 is 1.62 bits per heavy atom. The predicted molar refractivity (Wildman–Crippen MR) is 73.5 cm³/mol. The molecule has 0 aromatic rings. The van der Waals surface area contributed by atoms with Crippen LogP contribution in [0.5, 0.6) is 0 Å². The first-order valence-corrected chi connectivity index (χ1v) is 6.99. The Hall–Kier alpha value is 0.230. The standard InChI is InChI=1S/C12H28N2OS/c1-2-3-4-5-6-7-10-15-11(13)8-9-12(14)16/h11-12,16H,2-10,13-14H2,1H3. The molecule has 0 saturated heterocycles. The highest BCUT2D eigenvalue weighted by molar-refractivity contribution is 7.80. The molecule has 0 fully saturated rings. The largest absolute Gasteiger partial charge is 0.364 e. The van der Waals surface area contributed by atoms with Crippen LogP contribution in [-0.4, -0.2) is 18.2 Å². The van der Waals surface area contributed by atoms with Crippen molar-refractivity contribution in [3.05, 3.63) is 0 Å². The van der Waals surface area contributed by atoms with Crippen LogP contribution in [0.4, 0.5) is 0 Å². The molecular formula is C12H28N2OS. The first-order chi connectivity index (χ1) is 7.66. The molecule has 0 aliphatic carbocycles. The summed E-state index contributed by atoms with van der Waals surface area (Å²) in [5.74, 6) is 0. The SMILES string of the molecule is CCCCCCCCOC(N)CCC(N)S. The summed E-state index contributed by atoms with van der Waals surface area (Å²) in [4.78, 5) is 0. The van der Waals surface area contributed by atoms with Gasteiger partial charge in [0.1, 0.15) is 6.23 Å². The fourth-order valence-electron chi connectivity index (χ4n) is 1.54. The van der Waals surface area contributed by atoms with Crippen molar-refractivity contribution in [2.75, 3.05) is 6.61 Å². The van der Waals surface area contributed by atoms with Crippen molar-refractivity contribution in [1.29, 1.82) is 0 Å². The summed E-state index contributed by atoms with van der Waals surface area (Å²) >= 11 is 4.10. The molecule has 0 heterocycles. The van der Waals surface area contributed by atoms with E-state index in [-0.39, 0.29) is 11.6 Å². The van der Waals surface area contributed by atoms with Gasteiger partial charge >= 0.3 is 0 Å². The number of hydrogen-bond donors (Lipinski definition) is 3. The van der Waals surface area contributed by atoms with Gasteiger partial charge in [0.15, 0.2) is 0 Å². The monoisotopic (exact) mass is 248 g/mol. The number of unbranched alkanes of at least 4 members (excludes halogenated alkanes) is 5. The highest BCUT2D eigenvalue weighted by Crippen LogP contribution is 2.06. The Labute approximate surface area is 106 Å². The van der Waals surface area contributed by atoms with Crippen LogP contribution in [-0.2, 0) is 4.74 Å². The zero-order chi connectivity index (χ0) is 12.2. The van der Waals surface area contributed by atoms with Crippen LogP contribution < -0.4 is 11.5 Å². The van der Waals surface area contributed by atoms with Gasteiger partial charge in [0.05, 0.1) is 0 Å². The van der Waals surface area contributed by atoms with Gasteiger partial charge in [-0.05, 0) is 19.3 Å². The average molecular weight is 248 g/mol. The summed E-state index contributed by atoms with van der Waals surface area (Å²) in [5.41, 5.74) is 11.3. The zero-order valence-electron chi connectivity index (χ0n) is 10.5. The summed E-state index contributed by atoms with van der Waals surface area (Å²) < 4.78 is 5.49. The lowest BCUT2D eigenvalue weighted by Gasteiger charge is -2.13. The van der Waals surface area contributed by atoms with Gasteiger partial charge in [0.25, 0.3) is 0 Å². The molecular weight excluding hydrogens is 220 g/mol. The van der Waals surface area contributed by atoms with E-state index in [0.717, 1.165) is 25.9 Å². The maximum atomic E-state index is 5.77. The minimum atomic E-state index is -0.172. The van der Waals surface area contributed by atoms with Crippen LogP contribution >= 0.6 is 12.6 Å². The van der Waals surface area contributed by atoms with E-state index in [4.69, 9.17) is 16.2 Å². The topological polar surface area (TPSA) is 61.3 Å². The molecule has 3 nitrogen and oxygen atoms in total. The molecule has 0 saturated carbocycles. The molecule has 0 aromatic carbocycles. The lowest BCUT2D eigenvalue weighted by atomic mass is 10.1. The van der Waals surface area contributed by atoms with Crippen LogP contribution in [0.3, 0.4) is 0 Å². The highest BCUT2D eigenvalue weighted by atomic mass is 32.1. The lowest BCUT2D eigenvalue weighted by molar-refractivity contribution is 0.0480. The second-order valence-electron chi connectivity index (χ2n) is 4.32. The molecule has 2 atom stereocenters. The van der Waals surface area contributed by atoms with Gasteiger partial charge in [0.2, 0.25) is 0 Å². The maximum Gasteiger partial charge on any atom is 0.105 e. The van der Waals surface area contributed by atoms with Crippen LogP contribution in [0.25, 0.3) is 0 Å². The van der Waals surface area contributed by atoms with E-state index >= 15 is 0 Å². The Bertz CT molecular complexity index is 145. The molecule has 4 N–H and O–H groups in total. The summed E-state index contributed by atoms with van der Waals surface area (Å²) in [5, 5.41) is -0.0799. The number of hydrogen-bond acceptors (Lipinski definition) is 4. The molecule has 0 aliphatic rings. The fourth-order valence-corrected chi connectivity index (χ4v) is 1.68. The fraction of sp³-hybridized carbons (Fsp3) is 1.00. The first-order valence-electron chi connectivity index (χ1n) is 6.47. The third-order valence-corrected chi connectivity index (χ3v) is 2.83. The molecule has 0 radical (unpaired) electrons. The Balaban J connectivity index is 3.12. The molecule has 16 heavy (non-hydrogen) atoms. The highest BCUT2D eigenvalue weighted by Gasteiger charge is 2.04. The number of rotatable bonds is 11. The molecule has 0 rings (SSSR count). The molecule has 0 bridgehead atoms. The number of nitrogens with two attached hydrogens (primary N) is 2. The first kappa shape index (κ1) is 16.2. The van der Waals surface area contributed by atoms with Crippen molar-refractivity contribution < 1.29 is 4.74 Å². The van der Waals surface area contributed by atoms with Gasteiger partial charge in [-0.1, -0.05) is 39.0 Å². The molecule has 0 aliphatic heterocycles. The zero-order valence-corrected chi connectivity index (χ0v) is 11.4. The lowest BCUT2D eigenvalue weighted by Crippen LogP contribution is -2.26. The van der Waals surface area contributed by atoms with Crippen LogP contribution in [0, 0.1) is 0 Å². The van der Waals surface area contributed by atoms with Crippen molar-refractivity contribution in [2.24, 2.45) is 11.5 Å². The van der Waals surface area contributed by atoms with Crippen molar-refractivity contribution >= 4 is 12.6 Å².